The summed E-state index contributed by atoms with van der Waals surface area (Å²) in [6, 6.07) is 16.8. The van der Waals surface area contributed by atoms with Gasteiger partial charge in [-0.2, -0.15) is 0 Å². The van der Waals surface area contributed by atoms with Gasteiger partial charge in [-0.3, -0.25) is 9.59 Å². The highest BCUT2D eigenvalue weighted by Gasteiger charge is 2.39. The van der Waals surface area contributed by atoms with E-state index in [1.165, 1.54) is 23.9 Å². The molecule has 2 aromatic carbocycles. The molecule has 1 aliphatic rings. The highest BCUT2D eigenvalue weighted by Crippen LogP contribution is 2.28. The van der Waals surface area contributed by atoms with E-state index in [0.717, 1.165) is 5.76 Å². The Morgan fingerprint density at radius 1 is 0.926 bits per heavy atom. The number of hydroxylamine groups is 2. The van der Waals surface area contributed by atoms with Gasteiger partial charge in [0.05, 0.1) is 28.7 Å². The van der Waals surface area contributed by atoms with Crippen molar-refractivity contribution in [2.75, 3.05) is 0 Å². The molecule has 0 radical (unpaired) electrons. The van der Waals surface area contributed by atoms with E-state index >= 15 is 0 Å². The fraction of sp³-hybridized carbons (Fsp3) is 0.0500. The number of nitrogens with zero attached hydrogens (tertiary/aromatic N) is 1. The number of carbonyl (C=O) groups is 3. The third-order valence-electron chi connectivity index (χ3n) is 3.99. The minimum atomic E-state index is -0.771. The Kier molecular flexibility index (Phi) is 4.52. The van der Waals surface area contributed by atoms with Crippen LogP contribution in [0.5, 0.6) is 0 Å². The van der Waals surface area contributed by atoms with Gasteiger partial charge in [0.1, 0.15) is 5.76 Å². The molecule has 0 N–H and O–H groups in total. The molecule has 0 atom stereocenters. The maximum Gasteiger partial charge on any atom is 0.365 e. The molecule has 1 aromatic heterocycles. The molecule has 6 nitrogen and oxygen atoms in total. The Hall–Kier alpha value is -3.32. The van der Waals surface area contributed by atoms with Gasteiger partial charge in [0.15, 0.2) is 0 Å². The van der Waals surface area contributed by atoms with Crippen LogP contribution in [-0.2, 0) is 10.6 Å². The second kappa shape index (κ2) is 7.13. The van der Waals surface area contributed by atoms with Crippen LogP contribution in [0.25, 0.3) is 0 Å². The predicted octanol–water partition coefficient (Wildman–Crippen LogP) is 3.94. The van der Waals surface area contributed by atoms with E-state index in [0.29, 0.717) is 15.7 Å². The third-order valence-corrected chi connectivity index (χ3v) is 5.08. The quantitative estimate of drug-likeness (QED) is 0.494. The minimum Gasteiger partial charge on any atom is -0.468 e. The summed E-state index contributed by atoms with van der Waals surface area (Å²) >= 11 is 1.40. The number of fused-ring (bicyclic) bond motifs is 1. The molecule has 134 valence electrons. The summed E-state index contributed by atoms with van der Waals surface area (Å²) in [7, 11) is 0. The van der Waals surface area contributed by atoms with Crippen molar-refractivity contribution in [2.45, 2.75) is 10.6 Å². The van der Waals surface area contributed by atoms with Gasteiger partial charge >= 0.3 is 5.97 Å². The molecule has 1 aliphatic heterocycles. The van der Waals surface area contributed by atoms with Crippen molar-refractivity contribution in [3.05, 3.63) is 89.4 Å². The van der Waals surface area contributed by atoms with Crippen molar-refractivity contribution < 1.29 is 23.6 Å². The Morgan fingerprint density at radius 2 is 1.59 bits per heavy atom. The van der Waals surface area contributed by atoms with Crippen molar-refractivity contribution in [2.24, 2.45) is 0 Å². The number of benzene rings is 2. The van der Waals surface area contributed by atoms with E-state index in [9.17, 15) is 14.4 Å². The molecule has 0 aliphatic carbocycles. The SMILES string of the molecule is O=C(ON1C(=O)c2ccccc2C1=O)c1ccccc1SCc1ccco1. The van der Waals surface area contributed by atoms with Crippen molar-refractivity contribution in [3.8, 4) is 0 Å². The number of carbonyl (C=O) groups excluding carboxylic acids is 3. The summed E-state index contributed by atoms with van der Waals surface area (Å²) in [6.07, 6.45) is 1.58. The largest absolute Gasteiger partial charge is 0.468 e. The van der Waals surface area contributed by atoms with E-state index < -0.39 is 17.8 Å². The maximum absolute atomic E-state index is 12.6. The first-order chi connectivity index (χ1) is 13.1. The molecule has 4 rings (SSSR count). The first-order valence-electron chi connectivity index (χ1n) is 8.09. The summed E-state index contributed by atoms with van der Waals surface area (Å²) in [4.78, 5) is 43.1. The van der Waals surface area contributed by atoms with Gasteiger partial charge in [-0.1, -0.05) is 29.3 Å². The molecule has 0 saturated carbocycles. The van der Waals surface area contributed by atoms with E-state index in [-0.39, 0.29) is 16.7 Å². The lowest BCUT2D eigenvalue weighted by atomic mass is 10.1. The molecule has 7 heteroatoms. The van der Waals surface area contributed by atoms with Crippen LogP contribution in [0, 0.1) is 0 Å². The number of rotatable bonds is 5. The zero-order chi connectivity index (χ0) is 18.8. The van der Waals surface area contributed by atoms with Crippen LogP contribution >= 0.6 is 11.8 Å². The minimum absolute atomic E-state index is 0.218. The predicted molar refractivity (Wildman–Crippen MR) is 97.1 cm³/mol. The second-order valence-corrected chi connectivity index (χ2v) is 6.71. The van der Waals surface area contributed by atoms with Crippen LogP contribution in [0.1, 0.15) is 36.8 Å². The fourth-order valence-electron chi connectivity index (χ4n) is 2.69. The van der Waals surface area contributed by atoms with Gasteiger partial charge in [-0.25, -0.2) is 4.79 Å². The average Bonchev–Trinajstić information content (AvgIpc) is 3.30. The van der Waals surface area contributed by atoms with E-state index in [4.69, 9.17) is 9.25 Å². The standard InChI is InChI=1S/C20H13NO5S/c22-18-14-7-1-2-8-15(14)19(23)21(18)26-20(24)16-9-3-4-10-17(16)27-12-13-6-5-11-25-13/h1-11H,12H2. The number of imide groups is 1. The molecule has 0 spiro atoms. The average molecular weight is 379 g/mol. The Bertz CT molecular complexity index is 993. The number of amides is 2. The molecule has 0 unspecified atom stereocenters. The number of hydrogen-bond donors (Lipinski definition) is 0. The number of furan rings is 1. The molecule has 27 heavy (non-hydrogen) atoms. The van der Waals surface area contributed by atoms with Gasteiger partial charge in [0.2, 0.25) is 0 Å². The van der Waals surface area contributed by atoms with Crippen LogP contribution in [0.3, 0.4) is 0 Å². The summed E-state index contributed by atoms with van der Waals surface area (Å²) in [5, 5.41) is 0.515. The summed E-state index contributed by atoms with van der Waals surface area (Å²) in [6.45, 7) is 0. The molecule has 0 fully saturated rings. The third kappa shape index (κ3) is 3.24. The summed E-state index contributed by atoms with van der Waals surface area (Å²) < 4.78 is 5.29. The van der Waals surface area contributed by atoms with E-state index in [1.54, 1.807) is 48.7 Å². The highest BCUT2D eigenvalue weighted by molar-refractivity contribution is 7.98. The first-order valence-corrected chi connectivity index (χ1v) is 9.08. The van der Waals surface area contributed by atoms with Crippen LogP contribution in [0.4, 0.5) is 0 Å². The normalized spacial score (nSPS) is 13.0. The lowest BCUT2D eigenvalue weighted by Crippen LogP contribution is -2.32. The van der Waals surface area contributed by atoms with Gasteiger partial charge in [-0.05, 0) is 36.4 Å². The lowest BCUT2D eigenvalue weighted by Gasteiger charge is -2.14. The van der Waals surface area contributed by atoms with Gasteiger partial charge in [0.25, 0.3) is 11.8 Å². The second-order valence-electron chi connectivity index (χ2n) is 5.69. The Labute approximate surface area is 158 Å². The van der Waals surface area contributed by atoms with Crippen molar-refractivity contribution in [1.82, 2.24) is 5.06 Å². The smallest absolute Gasteiger partial charge is 0.365 e. The van der Waals surface area contributed by atoms with Crippen molar-refractivity contribution >= 4 is 29.5 Å². The number of hydrogen-bond acceptors (Lipinski definition) is 6. The van der Waals surface area contributed by atoms with Crippen LogP contribution in [0.15, 0.2) is 76.2 Å². The molecular formula is C20H13NO5S. The maximum atomic E-state index is 12.6. The molecule has 0 bridgehead atoms. The molecule has 0 saturated heterocycles. The van der Waals surface area contributed by atoms with Crippen molar-refractivity contribution in [3.63, 3.8) is 0 Å². The van der Waals surface area contributed by atoms with E-state index in [2.05, 4.69) is 0 Å². The molecular weight excluding hydrogens is 366 g/mol. The van der Waals surface area contributed by atoms with Gasteiger partial charge in [0, 0.05) is 4.90 Å². The van der Waals surface area contributed by atoms with Crippen LogP contribution < -0.4 is 0 Å². The summed E-state index contributed by atoms with van der Waals surface area (Å²) in [5.41, 5.74) is 0.706. The van der Waals surface area contributed by atoms with Crippen LogP contribution in [-0.4, -0.2) is 22.8 Å². The van der Waals surface area contributed by atoms with Gasteiger partial charge in [-0.15, -0.1) is 11.8 Å². The molecule has 2 amide bonds. The number of thioether (sulfide) groups is 1. The van der Waals surface area contributed by atoms with Gasteiger partial charge < -0.3 is 9.25 Å². The zero-order valence-corrected chi connectivity index (χ0v) is 14.8. The highest BCUT2D eigenvalue weighted by atomic mass is 32.2. The Morgan fingerprint density at radius 3 is 2.26 bits per heavy atom. The monoisotopic (exact) mass is 379 g/mol. The van der Waals surface area contributed by atoms with Crippen molar-refractivity contribution in [1.29, 1.82) is 0 Å². The zero-order valence-electron chi connectivity index (χ0n) is 14.0. The molecule has 2 heterocycles. The lowest BCUT2D eigenvalue weighted by molar-refractivity contribution is -0.0586. The van der Waals surface area contributed by atoms with E-state index in [1.807, 2.05) is 6.07 Å². The first kappa shape index (κ1) is 17.1. The molecule has 3 aromatic rings. The fourth-order valence-corrected chi connectivity index (χ4v) is 3.63. The van der Waals surface area contributed by atoms with Crippen LogP contribution in [0.2, 0.25) is 0 Å². The topological polar surface area (TPSA) is 76.8 Å². The Balaban J connectivity index is 1.52. The summed E-state index contributed by atoms with van der Waals surface area (Å²) in [5.74, 6) is -0.769.